The van der Waals surface area contributed by atoms with Gasteiger partial charge in [0, 0.05) is 5.57 Å². The molecule has 5 heteroatoms. The fourth-order valence-electron chi connectivity index (χ4n) is 0.729. The van der Waals surface area contributed by atoms with Crippen molar-refractivity contribution < 1.29 is 19.4 Å². The number of ether oxygens (including phenoxy) is 1. The van der Waals surface area contributed by atoms with Gasteiger partial charge in [-0.05, 0) is 26.7 Å². The highest BCUT2D eigenvalue weighted by Gasteiger charge is 2.25. The van der Waals surface area contributed by atoms with Crippen LogP contribution in [0.1, 0.15) is 26.7 Å². The summed E-state index contributed by atoms with van der Waals surface area (Å²) in [5, 5.41) is 8.50. The Morgan fingerprint density at radius 2 is 2.00 bits per heavy atom. The molecule has 0 aromatic rings. The molecule has 15 heavy (non-hydrogen) atoms. The topological polar surface area (TPSA) is 63.6 Å². The molecule has 0 fully saturated rings. The largest absolute Gasteiger partial charge is 0.478 e. The van der Waals surface area contributed by atoms with Gasteiger partial charge in [-0.2, -0.15) is 0 Å². The average Bonchev–Trinajstić information content (AvgIpc) is 2.09. The van der Waals surface area contributed by atoms with E-state index in [0.29, 0.717) is 12.8 Å². The molecule has 0 spiro atoms. The van der Waals surface area contributed by atoms with Crippen molar-refractivity contribution in [1.29, 1.82) is 0 Å². The van der Waals surface area contributed by atoms with Gasteiger partial charge in [-0.25, -0.2) is 4.79 Å². The Morgan fingerprint density at radius 3 is 2.40 bits per heavy atom. The molecular formula is C10H15BrO4. The summed E-state index contributed by atoms with van der Waals surface area (Å²) >= 11 is 3.16. The van der Waals surface area contributed by atoms with E-state index >= 15 is 0 Å². The molecule has 0 heterocycles. The molecule has 0 radical (unpaired) electrons. The number of carbonyl (C=O) groups excluding carboxylic acids is 1. The van der Waals surface area contributed by atoms with Crippen molar-refractivity contribution >= 4 is 27.9 Å². The maximum Gasteiger partial charge on any atom is 0.330 e. The first-order valence-electron chi connectivity index (χ1n) is 4.52. The third kappa shape index (κ3) is 6.28. The van der Waals surface area contributed by atoms with Gasteiger partial charge in [0.1, 0.15) is 4.32 Å². The highest BCUT2D eigenvalue weighted by molar-refractivity contribution is 9.10. The molecule has 0 atom stereocenters. The summed E-state index contributed by atoms with van der Waals surface area (Å²) in [5.74, 6) is -1.37. The van der Waals surface area contributed by atoms with Gasteiger partial charge in [-0.1, -0.05) is 22.5 Å². The summed E-state index contributed by atoms with van der Waals surface area (Å²) in [6, 6.07) is 0. The van der Waals surface area contributed by atoms with Crippen molar-refractivity contribution in [3.8, 4) is 0 Å². The SMILES string of the molecule is C=C(CCCOC(=O)C(C)(C)Br)C(=O)O. The van der Waals surface area contributed by atoms with E-state index in [1.165, 1.54) is 0 Å². The summed E-state index contributed by atoms with van der Waals surface area (Å²) in [6.07, 6.45) is 0.797. The van der Waals surface area contributed by atoms with Crippen LogP contribution in [0.25, 0.3) is 0 Å². The molecule has 0 saturated heterocycles. The molecule has 0 rings (SSSR count). The van der Waals surface area contributed by atoms with Crippen molar-refractivity contribution in [1.82, 2.24) is 0 Å². The molecular weight excluding hydrogens is 264 g/mol. The predicted molar refractivity (Wildman–Crippen MR) is 60.0 cm³/mol. The van der Waals surface area contributed by atoms with Crippen LogP contribution in [0.5, 0.6) is 0 Å². The highest BCUT2D eigenvalue weighted by atomic mass is 79.9. The van der Waals surface area contributed by atoms with Crippen molar-refractivity contribution in [2.45, 2.75) is 31.0 Å². The fraction of sp³-hybridized carbons (Fsp3) is 0.600. The zero-order valence-corrected chi connectivity index (χ0v) is 10.5. The summed E-state index contributed by atoms with van der Waals surface area (Å²) in [6.45, 7) is 6.95. The number of hydrogen-bond acceptors (Lipinski definition) is 3. The van der Waals surface area contributed by atoms with E-state index in [2.05, 4.69) is 22.5 Å². The minimum Gasteiger partial charge on any atom is -0.478 e. The van der Waals surface area contributed by atoms with Crippen LogP contribution < -0.4 is 0 Å². The first kappa shape index (κ1) is 14.2. The molecule has 86 valence electrons. The van der Waals surface area contributed by atoms with Gasteiger partial charge in [-0.15, -0.1) is 0 Å². The quantitative estimate of drug-likeness (QED) is 0.350. The molecule has 0 bridgehead atoms. The maximum absolute atomic E-state index is 11.2. The molecule has 0 aliphatic heterocycles. The minimum atomic E-state index is -1.01. The zero-order chi connectivity index (χ0) is 12.1. The lowest BCUT2D eigenvalue weighted by molar-refractivity contribution is -0.145. The van der Waals surface area contributed by atoms with E-state index in [9.17, 15) is 9.59 Å². The second-order valence-corrected chi connectivity index (χ2v) is 5.60. The Kier molecular flexibility index (Phi) is 5.57. The number of halogens is 1. The van der Waals surface area contributed by atoms with Crippen molar-refractivity contribution in [3.05, 3.63) is 12.2 Å². The van der Waals surface area contributed by atoms with Crippen LogP contribution in [0, 0.1) is 0 Å². The Labute approximate surface area is 97.4 Å². The van der Waals surface area contributed by atoms with E-state index in [1.54, 1.807) is 13.8 Å². The van der Waals surface area contributed by atoms with Crippen LogP contribution in [0.2, 0.25) is 0 Å². The predicted octanol–water partition coefficient (Wildman–Crippen LogP) is 2.12. The fourth-order valence-corrected chi connectivity index (χ4v) is 0.843. The molecule has 4 nitrogen and oxygen atoms in total. The van der Waals surface area contributed by atoms with Gasteiger partial charge in [-0.3, -0.25) is 4.79 Å². The van der Waals surface area contributed by atoms with Crippen molar-refractivity contribution in [2.75, 3.05) is 6.61 Å². The van der Waals surface area contributed by atoms with Gasteiger partial charge < -0.3 is 9.84 Å². The highest BCUT2D eigenvalue weighted by Crippen LogP contribution is 2.17. The average molecular weight is 279 g/mol. The van der Waals surface area contributed by atoms with Crippen LogP contribution in [0.4, 0.5) is 0 Å². The maximum atomic E-state index is 11.2. The Bertz CT molecular complexity index is 265. The first-order valence-corrected chi connectivity index (χ1v) is 5.31. The molecule has 0 aliphatic carbocycles. The standard InChI is InChI=1S/C10H15BrO4/c1-7(8(12)13)5-4-6-15-9(14)10(2,3)11/h1,4-6H2,2-3H3,(H,12,13). The minimum absolute atomic E-state index is 0.129. The zero-order valence-electron chi connectivity index (χ0n) is 8.88. The lowest BCUT2D eigenvalue weighted by Crippen LogP contribution is -2.26. The van der Waals surface area contributed by atoms with Crippen LogP contribution >= 0.6 is 15.9 Å². The van der Waals surface area contributed by atoms with Gasteiger partial charge >= 0.3 is 11.9 Å². The number of carboxylic acid groups (broad SMARTS) is 1. The smallest absolute Gasteiger partial charge is 0.330 e. The van der Waals surface area contributed by atoms with Gasteiger partial charge in [0.15, 0.2) is 0 Å². The molecule has 0 aromatic heterocycles. The van der Waals surface area contributed by atoms with E-state index in [-0.39, 0.29) is 18.1 Å². The number of esters is 1. The number of carbonyl (C=O) groups is 2. The van der Waals surface area contributed by atoms with Crippen molar-refractivity contribution in [3.63, 3.8) is 0 Å². The van der Waals surface area contributed by atoms with Gasteiger partial charge in [0.2, 0.25) is 0 Å². The molecule has 1 N–H and O–H groups in total. The summed E-state index contributed by atoms with van der Waals surface area (Å²) in [5.41, 5.74) is 0.129. The third-order valence-corrected chi connectivity index (χ3v) is 1.97. The molecule has 0 unspecified atom stereocenters. The Morgan fingerprint density at radius 1 is 1.47 bits per heavy atom. The monoisotopic (exact) mass is 278 g/mol. The summed E-state index contributed by atoms with van der Waals surface area (Å²) in [4.78, 5) is 21.6. The summed E-state index contributed by atoms with van der Waals surface area (Å²) in [7, 11) is 0. The second-order valence-electron chi connectivity index (χ2n) is 3.62. The number of aliphatic carboxylic acids is 1. The molecule has 0 aromatic carbocycles. The van der Waals surface area contributed by atoms with E-state index in [0.717, 1.165) is 0 Å². The van der Waals surface area contributed by atoms with Gasteiger partial charge in [0.05, 0.1) is 6.61 Å². The van der Waals surface area contributed by atoms with Crippen LogP contribution in [-0.4, -0.2) is 28.0 Å². The third-order valence-electron chi connectivity index (χ3n) is 1.64. The normalized spacial score (nSPS) is 10.9. The van der Waals surface area contributed by atoms with E-state index in [4.69, 9.17) is 9.84 Å². The van der Waals surface area contributed by atoms with E-state index in [1.807, 2.05) is 0 Å². The number of carboxylic acids is 1. The molecule has 0 aliphatic rings. The van der Waals surface area contributed by atoms with Crippen molar-refractivity contribution in [2.24, 2.45) is 0 Å². The first-order chi connectivity index (χ1) is 6.75. The number of rotatable bonds is 6. The van der Waals surface area contributed by atoms with Crippen LogP contribution in [0.3, 0.4) is 0 Å². The number of alkyl halides is 1. The molecule has 0 saturated carbocycles. The van der Waals surface area contributed by atoms with Crippen LogP contribution in [-0.2, 0) is 14.3 Å². The Hall–Kier alpha value is -0.840. The second kappa shape index (κ2) is 5.90. The van der Waals surface area contributed by atoms with Crippen LogP contribution in [0.15, 0.2) is 12.2 Å². The summed E-state index contributed by atoms with van der Waals surface area (Å²) < 4.78 is 4.22. The lowest BCUT2D eigenvalue weighted by atomic mass is 10.2. The number of hydrogen-bond donors (Lipinski definition) is 1. The Balaban J connectivity index is 3.69. The van der Waals surface area contributed by atoms with E-state index < -0.39 is 10.3 Å². The van der Waals surface area contributed by atoms with Gasteiger partial charge in [0.25, 0.3) is 0 Å². The molecule has 0 amide bonds. The lowest BCUT2D eigenvalue weighted by Gasteiger charge is -2.14.